The van der Waals surface area contributed by atoms with Crippen molar-refractivity contribution in [2.45, 2.75) is 11.8 Å². The first-order valence-corrected chi connectivity index (χ1v) is 8.71. The Balaban J connectivity index is 2.27. The summed E-state index contributed by atoms with van der Waals surface area (Å²) in [6.07, 6.45) is 2.81. The molecule has 0 saturated heterocycles. The van der Waals surface area contributed by atoms with E-state index in [4.69, 9.17) is 5.53 Å². The van der Waals surface area contributed by atoms with Gasteiger partial charge in [0.2, 0.25) is 0 Å². The largest absolute Gasteiger partial charge is 0.269 e. The van der Waals surface area contributed by atoms with Crippen LogP contribution in [0, 0.1) is 6.92 Å². The number of rotatable bonds is 3. The predicted octanol–water partition coefficient (Wildman–Crippen LogP) is 4.29. The first-order valence-electron chi connectivity index (χ1n) is 6.48. The van der Waals surface area contributed by atoms with Gasteiger partial charge < -0.3 is 0 Å². The molecule has 0 bridgehead atoms. The van der Waals surface area contributed by atoms with Crippen molar-refractivity contribution in [3.05, 3.63) is 63.2 Å². The molecule has 1 aromatic carbocycles. The Labute approximate surface area is 140 Å². The summed E-state index contributed by atoms with van der Waals surface area (Å²) in [7, 11) is -3.78. The Morgan fingerprint density at radius 3 is 2.61 bits per heavy atom. The molecule has 116 valence electrons. The van der Waals surface area contributed by atoms with Crippen molar-refractivity contribution < 1.29 is 8.42 Å². The fourth-order valence-electron chi connectivity index (χ4n) is 2.19. The molecule has 0 amide bonds. The van der Waals surface area contributed by atoms with Crippen LogP contribution in [0.2, 0.25) is 0 Å². The lowest BCUT2D eigenvalue weighted by Gasteiger charge is -2.08. The Morgan fingerprint density at radius 2 is 1.96 bits per heavy atom. The third kappa shape index (κ3) is 2.59. The van der Waals surface area contributed by atoms with Crippen LogP contribution < -0.4 is 0 Å². The van der Waals surface area contributed by atoms with Crippen molar-refractivity contribution in [1.29, 1.82) is 0 Å². The molecule has 0 aliphatic heterocycles. The van der Waals surface area contributed by atoms with E-state index in [0.29, 0.717) is 15.5 Å². The molecular formula is C14H10BrN5O2S. The van der Waals surface area contributed by atoms with Gasteiger partial charge in [0.15, 0.2) is 5.65 Å². The summed E-state index contributed by atoms with van der Waals surface area (Å²) in [6, 6.07) is 8.11. The highest BCUT2D eigenvalue weighted by Gasteiger charge is 2.21. The number of hydrogen-bond acceptors (Lipinski definition) is 4. The molecule has 23 heavy (non-hydrogen) atoms. The summed E-state index contributed by atoms with van der Waals surface area (Å²) in [5.41, 5.74) is 10.1. The summed E-state index contributed by atoms with van der Waals surface area (Å²) in [4.78, 5) is 7.07. The van der Waals surface area contributed by atoms with Gasteiger partial charge in [0, 0.05) is 27.2 Å². The topological polar surface area (TPSA) is 101 Å². The molecule has 0 unspecified atom stereocenters. The van der Waals surface area contributed by atoms with Gasteiger partial charge in [0.05, 0.1) is 10.6 Å². The normalized spacial score (nSPS) is 11.4. The van der Waals surface area contributed by atoms with Gasteiger partial charge in [-0.2, -0.15) is 0 Å². The van der Waals surface area contributed by atoms with E-state index < -0.39 is 10.0 Å². The number of nitrogens with zero attached hydrogens (tertiary/aromatic N) is 5. The molecule has 0 fully saturated rings. The van der Waals surface area contributed by atoms with Crippen LogP contribution in [0.15, 0.2) is 57.2 Å². The highest BCUT2D eigenvalue weighted by molar-refractivity contribution is 9.10. The lowest BCUT2D eigenvalue weighted by atomic mass is 10.2. The zero-order chi connectivity index (χ0) is 16.6. The number of halogens is 1. The first kappa shape index (κ1) is 15.5. The molecule has 3 aromatic rings. The number of fused-ring (bicyclic) bond motifs is 1. The standard InChI is InChI=1S/C14H10BrN5O2S/c1-9-2-4-10(5-3-9)23(21,22)20-7-6-11-13(18-19-16)12(15)8-17-14(11)20/h2-8H,1H3. The van der Waals surface area contributed by atoms with Gasteiger partial charge in [-0.25, -0.2) is 17.4 Å². The van der Waals surface area contributed by atoms with E-state index in [-0.39, 0.29) is 10.5 Å². The number of azide groups is 1. The fourth-order valence-corrected chi connectivity index (χ4v) is 3.89. The van der Waals surface area contributed by atoms with Crippen LogP contribution in [0.25, 0.3) is 21.5 Å². The summed E-state index contributed by atoms with van der Waals surface area (Å²) >= 11 is 3.24. The van der Waals surface area contributed by atoms with Crippen molar-refractivity contribution in [2.75, 3.05) is 0 Å². The Bertz CT molecular complexity index is 1050. The van der Waals surface area contributed by atoms with Crippen LogP contribution in [0.3, 0.4) is 0 Å². The van der Waals surface area contributed by atoms with Gasteiger partial charge in [0.25, 0.3) is 10.0 Å². The second kappa shape index (κ2) is 5.69. The maximum atomic E-state index is 12.8. The Morgan fingerprint density at radius 1 is 1.26 bits per heavy atom. The van der Waals surface area contributed by atoms with Crippen molar-refractivity contribution in [2.24, 2.45) is 5.11 Å². The summed E-state index contributed by atoms with van der Waals surface area (Å²) in [6.45, 7) is 1.88. The molecule has 2 heterocycles. The predicted molar refractivity (Wildman–Crippen MR) is 90.0 cm³/mol. The van der Waals surface area contributed by atoms with Gasteiger partial charge in [-0.1, -0.05) is 22.8 Å². The minimum atomic E-state index is -3.78. The summed E-state index contributed by atoms with van der Waals surface area (Å²) in [5, 5.41) is 4.05. The third-order valence-corrected chi connectivity index (χ3v) is 5.59. The molecule has 0 radical (unpaired) electrons. The number of aryl methyl sites for hydroxylation is 1. The van der Waals surface area contributed by atoms with Gasteiger partial charge in [0.1, 0.15) is 0 Å². The Hall–Kier alpha value is -2.35. The van der Waals surface area contributed by atoms with E-state index in [1.807, 2.05) is 6.92 Å². The van der Waals surface area contributed by atoms with E-state index in [9.17, 15) is 8.42 Å². The van der Waals surface area contributed by atoms with Crippen molar-refractivity contribution in [3.63, 3.8) is 0 Å². The van der Waals surface area contributed by atoms with E-state index in [1.165, 1.54) is 12.4 Å². The maximum absolute atomic E-state index is 12.8. The summed E-state index contributed by atoms with van der Waals surface area (Å²) in [5.74, 6) is 0. The highest BCUT2D eigenvalue weighted by Crippen LogP contribution is 2.34. The van der Waals surface area contributed by atoms with Crippen LogP contribution in [0.1, 0.15) is 5.56 Å². The lowest BCUT2D eigenvalue weighted by molar-refractivity contribution is 0.588. The summed E-state index contributed by atoms with van der Waals surface area (Å²) < 4.78 is 27.1. The van der Waals surface area contributed by atoms with E-state index in [1.54, 1.807) is 30.3 Å². The smallest absolute Gasteiger partial charge is 0.236 e. The van der Waals surface area contributed by atoms with Crippen molar-refractivity contribution in [3.8, 4) is 0 Å². The van der Waals surface area contributed by atoms with Crippen molar-refractivity contribution >= 4 is 42.7 Å². The van der Waals surface area contributed by atoms with E-state index in [0.717, 1.165) is 9.54 Å². The minimum Gasteiger partial charge on any atom is -0.236 e. The molecule has 7 nitrogen and oxygen atoms in total. The lowest BCUT2D eigenvalue weighted by Crippen LogP contribution is -2.12. The highest BCUT2D eigenvalue weighted by atomic mass is 79.9. The van der Waals surface area contributed by atoms with E-state index >= 15 is 0 Å². The number of pyridine rings is 1. The second-order valence-corrected chi connectivity index (χ2v) is 7.48. The molecule has 0 aliphatic carbocycles. The minimum absolute atomic E-state index is 0.163. The van der Waals surface area contributed by atoms with Gasteiger partial charge in [-0.05, 0) is 46.6 Å². The maximum Gasteiger partial charge on any atom is 0.269 e. The molecule has 0 N–H and O–H groups in total. The molecule has 0 aliphatic rings. The van der Waals surface area contributed by atoms with Gasteiger partial charge in [-0.3, -0.25) is 0 Å². The van der Waals surface area contributed by atoms with Crippen LogP contribution >= 0.6 is 15.9 Å². The number of hydrogen-bond donors (Lipinski definition) is 0. The van der Waals surface area contributed by atoms with Crippen LogP contribution in [0.5, 0.6) is 0 Å². The van der Waals surface area contributed by atoms with Crippen LogP contribution in [-0.4, -0.2) is 17.4 Å². The molecule has 2 aromatic heterocycles. The molecule has 9 heteroatoms. The molecular weight excluding hydrogens is 382 g/mol. The number of benzene rings is 1. The van der Waals surface area contributed by atoms with E-state index in [2.05, 4.69) is 30.9 Å². The number of aromatic nitrogens is 2. The molecule has 0 saturated carbocycles. The zero-order valence-electron chi connectivity index (χ0n) is 11.9. The zero-order valence-corrected chi connectivity index (χ0v) is 14.3. The van der Waals surface area contributed by atoms with Gasteiger partial charge >= 0.3 is 0 Å². The molecule has 0 atom stereocenters. The Kier molecular flexibility index (Phi) is 3.85. The average Bonchev–Trinajstić information content (AvgIpc) is 2.95. The third-order valence-electron chi connectivity index (χ3n) is 3.33. The second-order valence-electron chi connectivity index (χ2n) is 4.81. The van der Waals surface area contributed by atoms with Crippen molar-refractivity contribution in [1.82, 2.24) is 8.96 Å². The fraction of sp³-hybridized carbons (Fsp3) is 0.0714. The van der Waals surface area contributed by atoms with Gasteiger partial charge in [-0.15, -0.1) is 0 Å². The molecule has 0 spiro atoms. The van der Waals surface area contributed by atoms with Crippen LogP contribution in [0.4, 0.5) is 5.69 Å². The average molecular weight is 392 g/mol. The SMILES string of the molecule is Cc1ccc(S(=O)(=O)n2ccc3c(N=[N+]=[N-])c(Br)cnc32)cc1. The quantitative estimate of drug-likeness (QED) is 0.378. The molecule has 3 rings (SSSR count). The monoisotopic (exact) mass is 391 g/mol. The first-order chi connectivity index (χ1) is 10.9. The van der Waals surface area contributed by atoms with Crippen LogP contribution in [-0.2, 0) is 10.0 Å².